The van der Waals surface area contributed by atoms with Gasteiger partial charge in [-0.05, 0) is 77.0 Å². The van der Waals surface area contributed by atoms with E-state index in [0.29, 0.717) is 19.3 Å². The van der Waals surface area contributed by atoms with E-state index in [0.717, 1.165) is 83.5 Å². The lowest BCUT2D eigenvalue weighted by Gasteiger charge is -2.24. The van der Waals surface area contributed by atoms with Gasteiger partial charge in [-0.15, -0.1) is 0 Å². The molecule has 3 N–H and O–H groups in total. The van der Waals surface area contributed by atoms with Crippen molar-refractivity contribution >= 4 is 11.9 Å². The standard InChI is InChI=1S/C60H107NO5/c1-4-7-10-13-16-19-22-25-27-29-31-34-36-39-42-45-48-51-56(66-60(65)53-50-47-44-41-38-33-24-21-18-15-12-9-6-3)54-59(64)61-57(55-62)58(63)52-49-46-43-40-37-35-32-30-28-26-23-20-17-14-11-8-5-2/h9,12,15-16,18-19,21,24-25,27,33,38,56-58,62-63H,4-8,10-11,13-14,17,20,22-23,26,28-32,34-37,39-55H2,1-3H3,(H,61,64)/b12-9+,18-15+,19-16-,24-21-,27-25-,38-33-. The van der Waals surface area contributed by atoms with Gasteiger partial charge < -0.3 is 20.3 Å². The summed E-state index contributed by atoms with van der Waals surface area (Å²) in [6.45, 7) is 6.33. The van der Waals surface area contributed by atoms with Gasteiger partial charge in [-0.2, -0.15) is 0 Å². The van der Waals surface area contributed by atoms with Crippen molar-refractivity contribution in [3.8, 4) is 0 Å². The molecule has 0 rings (SSSR count). The maximum Gasteiger partial charge on any atom is 0.306 e. The van der Waals surface area contributed by atoms with Crippen molar-refractivity contribution in [2.45, 2.75) is 289 Å². The first kappa shape index (κ1) is 63.3. The summed E-state index contributed by atoms with van der Waals surface area (Å²) in [6.07, 6.45) is 68.2. The third kappa shape index (κ3) is 47.8. The van der Waals surface area contributed by atoms with Gasteiger partial charge in [-0.1, -0.05) is 254 Å². The molecule has 0 aromatic carbocycles. The van der Waals surface area contributed by atoms with E-state index in [1.165, 1.54) is 141 Å². The normalized spacial score (nSPS) is 13.7. The molecular weight excluding hydrogens is 815 g/mol. The van der Waals surface area contributed by atoms with Gasteiger partial charge in [-0.25, -0.2) is 0 Å². The third-order valence-electron chi connectivity index (χ3n) is 12.6. The molecule has 0 fully saturated rings. The Morgan fingerprint density at radius 2 is 0.879 bits per heavy atom. The van der Waals surface area contributed by atoms with Crippen LogP contribution < -0.4 is 5.32 Å². The zero-order valence-corrected chi connectivity index (χ0v) is 43.6. The van der Waals surface area contributed by atoms with Crippen LogP contribution in [0.4, 0.5) is 0 Å². The Morgan fingerprint density at radius 1 is 0.470 bits per heavy atom. The van der Waals surface area contributed by atoms with Gasteiger partial charge >= 0.3 is 5.97 Å². The van der Waals surface area contributed by atoms with Crippen LogP contribution in [0, 0.1) is 0 Å². The van der Waals surface area contributed by atoms with Gasteiger partial charge in [-0.3, -0.25) is 9.59 Å². The second-order valence-electron chi connectivity index (χ2n) is 19.0. The number of nitrogens with one attached hydrogen (secondary N) is 1. The molecule has 0 aromatic rings. The smallest absolute Gasteiger partial charge is 0.306 e. The topological polar surface area (TPSA) is 95.9 Å². The van der Waals surface area contributed by atoms with E-state index in [1.54, 1.807) is 0 Å². The average molecular weight is 923 g/mol. The maximum atomic E-state index is 13.3. The predicted octanol–water partition coefficient (Wildman–Crippen LogP) is 17.3. The highest BCUT2D eigenvalue weighted by Gasteiger charge is 2.24. The molecule has 0 aliphatic heterocycles. The quantitative estimate of drug-likeness (QED) is 0.0244. The first-order valence-electron chi connectivity index (χ1n) is 28.2. The molecule has 382 valence electrons. The predicted molar refractivity (Wildman–Crippen MR) is 287 cm³/mol. The largest absolute Gasteiger partial charge is 0.462 e. The van der Waals surface area contributed by atoms with Crippen molar-refractivity contribution in [3.05, 3.63) is 72.9 Å². The van der Waals surface area contributed by atoms with Crippen LogP contribution in [-0.2, 0) is 14.3 Å². The molecule has 0 aliphatic carbocycles. The molecule has 0 saturated heterocycles. The van der Waals surface area contributed by atoms with Crippen LogP contribution in [0.2, 0.25) is 0 Å². The minimum Gasteiger partial charge on any atom is -0.462 e. The van der Waals surface area contributed by atoms with E-state index in [2.05, 4.69) is 74.7 Å². The number of aliphatic hydroxyl groups excluding tert-OH is 2. The van der Waals surface area contributed by atoms with E-state index >= 15 is 0 Å². The Kier molecular flexibility index (Phi) is 51.1. The molecule has 6 heteroatoms. The number of unbranched alkanes of at least 4 members (excludes halogenated alkanes) is 29. The van der Waals surface area contributed by atoms with Crippen LogP contribution in [0.3, 0.4) is 0 Å². The van der Waals surface area contributed by atoms with E-state index < -0.39 is 18.2 Å². The van der Waals surface area contributed by atoms with Crippen molar-refractivity contribution in [2.24, 2.45) is 0 Å². The first-order chi connectivity index (χ1) is 32.5. The van der Waals surface area contributed by atoms with E-state index in [-0.39, 0.29) is 24.9 Å². The van der Waals surface area contributed by atoms with Crippen molar-refractivity contribution in [1.29, 1.82) is 0 Å². The summed E-state index contributed by atoms with van der Waals surface area (Å²) in [5.41, 5.74) is 0. The van der Waals surface area contributed by atoms with Crippen LogP contribution in [0.15, 0.2) is 72.9 Å². The molecule has 6 nitrogen and oxygen atoms in total. The van der Waals surface area contributed by atoms with Gasteiger partial charge in [0, 0.05) is 6.42 Å². The number of esters is 1. The van der Waals surface area contributed by atoms with Gasteiger partial charge in [0.2, 0.25) is 5.91 Å². The zero-order valence-electron chi connectivity index (χ0n) is 43.6. The van der Waals surface area contributed by atoms with Crippen molar-refractivity contribution in [1.82, 2.24) is 5.32 Å². The second-order valence-corrected chi connectivity index (χ2v) is 19.0. The van der Waals surface area contributed by atoms with Crippen molar-refractivity contribution < 1.29 is 24.5 Å². The van der Waals surface area contributed by atoms with Gasteiger partial charge in [0.15, 0.2) is 0 Å². The van der Waals surface area contributed by atoms with E-state index in [4.69, 9.17) is 4.74 Å². The summed E-state index contributed by atoms with van der Waals surface area (Å²) in [7, 11) is 0. The van der Waals surface area contributed by atoms with Crippen LogP contribution in [-0.4, -0.2) is 46.9 Å². The first-order valence-corrected chi connectivity index (χ1v) is 28.2. The lowest BCUT2D eigenvalue weighted by Crippen LogP contribution is -2.46. The zero-order chi connectivity index (χ0) is 48.1. The SMILES string of the molecule is CC/C=C/C=C/C=C\C=C/CCCCCC(=O)OC(CCCCCCCCC/C=C\C/C=C\CCCCC)CC(=O)NC(CO)C(O)CCCCCCCCCCCCCCCCCCC. The van der Waals surface area contributed by atoms with Crippen LogP contribution in [0.1, 0.15) is 271 Å². The number of aliphatic hydroxyl groups is 2. The Labute approximate surface area is 409 Å². The Hall–Kier alpha value is -2.70. The van der Waals surface area contributed by atoms with Gasteiger partial charge in [0.05, 0.1) is 25.2 Å². The molecule has 3 unspecified atom stereocenters. The highest BCUT2D eigenvalue weighted by molar-refractivity contribution is 5.77. The second kappa shape index (κ2) is 53.3. The fraction of sp³-hybridized carbons (Fsp3) is 0.767. The minimum absolute atomic E-state index is 0.0542. The summed E-state index contributed by atoms with van der Waals surface area (Å²) >= 11 is 0. The van der Waals surface area contributed by atoms with Crippen LogP contribution in [0.25, 0.3) is 0 Å². The molecule has 3 atom stereocenters. The summed E-state index contributed by atoms with van der Waals surface area (Å²) < 4.78 is 5.93. The summed E-state index contributed by atoms with van der Waals surface area (Å²) in [5, 5.41) is 23.9. The highest BCUT2D eigenvalue weighted by Crippen LogP contribution is 2.18. The van der Waals surface area contributed by atoms with Crippen LogP contribution >= 0.6 is 0 Å². The molecule has 0 aliphatic rings. The van der Waals surface area contributed by atoms with Crippen molar-refractivity contribution in [3.63, 3.8) is 0 Å². The van der Waals surface area contributed by atoms with E-state index in [1.807, 2.05) is 24.3 Å². The molecule has 0 heterocycles. The lowest BCUT2D eigenvalue weighted by atomic mass is 10.0. The molecule has 0 saturated carbocycles. The Bertz CT molecular complexity index is 1220. The molecule has 0 radical (unpaired) electrons. The summed E-state index contributed by atoms with van der Waals surface area (Å²) in [5.74, 6) is -0.524. The number of carbonyl (C=O) groups is 2. The Morgan fingerprint density at radius 3 is 1.39 bits per heavy atom. The van der Waals surface area contributed by atoms with Gasteiger partial charge in [0.1, 0.15) is 6.10 Å². The number of carbonyl (C=O) groups excluding carboxylic acids is 2. The van der Waals surface area contributed by atoms with Gasteiger partial charge in [0.25, 0.3) is 0 Å². The van der Waals surface area contributed by atoms with Crippen LogP contribution in [0.5, 0.6) is 0 Å². The number of ether oxygens (including phenoxy) is 1. The number of hydrogen-bond acceptors (Lipinski definition) is 5. The molecule has 1 amide bonds. The number of amides is 1. The average Bonchev–Trinajstić information content (AvgIpc) is 3.31. The molecular formula is C60H107NO5. The third-order valence-corrected chi connectivity index (χ3v) is 12.6. The Balaban J connectivity index is 4.59. The van der Waals surface area contributed by atoms with Crippen molar-refractivity contribution in [2.75, 3.05) is 6.61 Å². The molecule has 0 spiro atoms. The fourth-order valence-corrected chi connectivity index (χ4v) is 8.35. The molecule has 0 bridgehead atoms. The monoisotopic (exact) mass is 922 g/mol. The fourth-order valence-electron chi connectivity index (χ4n) is 8.35. The highest BCUT2D eigenvalue weighted by atomic mass is 16.5. The number of hydrogen-bond donors (Lipinski definition) is 3. The lowest BCUT2D eigenvalue weighted by molar-refractivity contribution is -0.151. The maximum absolute atomic E-state index is 13.3. The number of rotatable bonds is 50. The number of allylic oxidation sites excluding steroid dienone is 12. The minimum atomic E-state index is -0.801. The van der Waals surface area contributed by atoms with E-state index in [9.17, 15) is 19.8 Å². The molecule has 66 heavy (non-hydrogen) atoms. The molecule has 0 aromatic heterocycles. The summed E-state index contributed by atoms with van der Waals surface area (Å²) in [6, 6.07) is -0.716. The summed E-state index contributed by atoms with van der Waals surface area (Å²) in [4.78, 5) is 26.2.